The summed E-state index contributed by atoms with van der Waals surface area (Å²) in [6.45, 7) is 4.05. The maximum atomic E-state index is 8.63. The van der Waals surface area contributed by atoms with Crippen LogP contribution < -0.4 is 0 Å². The van der Waals surface area contributed by atoms with Gasteiger partial charge >= 0.3 is 0 Å². The van der Waals surface area contributed by atoms with E-state index in [9.17, 15) is 0 Å². The minimum Gasteiger partial charge on any atom is -0.396 e. The van der Waals surface area contributed by atoms with Crippen molar-refractivity contribution < 1.29 is 9.63 Å². The summed E-state index contributed by atoms with van der Waals surface area (Å²) in [7, 11) is 2.07. The van der Waals surface area contributed by atoms with E-state index in [1.807, 2.05) is 13.0 Å². The van der Waals surface area contributed by atoms with Crippen molar-refractivity contribution in [1.82, 2.24) is 10.1 Å². The number of hydrogen-bond acceptors (Lipinski definition) is 4. The van der Waals surface area contributed by atoms with Gasteiger partial charge in [-0.15, -0.1) is 0 Å². The average molecular weight is 212 g/mol. The molecule has 0 aliphatic carbocycles. The summed E-state index contributed by atoms with van der Waals surface area (Å²) in [6, 6.07) is 1.96. The van der Waals surface area contributed by atoms with Gasteiger partial charge in [0.1, 0.15) is 0 Å². The molecule has 0 unspecified atom stereocenters. The molecule has 0 radical (unpaired) electrons. The highest BCUT2D eigenvalue weighted by Gasteiger charge is 2.04. The summed E-state index contributed by atoms with van der Waals surface area (Å²) in [6.07, 6.45) is 3.09. The molecule has 15 heavy (non-hydrogen) atoms. The fraction of sp³-hybridized carbons (Fsp3) is 0.727. The van der Waals surface area contributed by atoms with E-state index in [2.05, 4.69) is 17.1 Å². The highest BCUT2D eigenvalue weighted by atomic mass is 16.5. The predicted molar refractivity (Wildman–Crippen MR) is 58.5 cm³/mol. The third-order valence-electron chi connectivity index (χ3n) is 2.30. The van der Waals surface area contributed by atoms with E-state index < -0.39 is 0 Å². The molecule has 1 heterocycles. The fourth-order valence-corrected chi connectivity index (χ4v) is 1.51. The van der Waals surface area contributed by atoms with Gasteiger partial charge in [-0.05, 0) is 39.8 Å². The van der Waals surface area contributed by atoms with Gasteiger partial charge in [-0.25, -0.2) is 0 Å². The predicted octanol–water partition coefficient (Wildman–Crippen LogP) is 1.58. The van der Waals surface area contributed by atoms with Gasteiger partial charge in [0.2, 0.25) is 0 Å². The zero-order valence-corrected chi connectivity index (χ0v) is 9.57. The number of aliphatic hydroxyl groups is 1. The summed E-state index contributed by atoms with van der Waals surface area (Å²) in [5.41, 5.74) is 0.929. The molecule has 0 spiro atoms. The van der Waals surface area contributed by atoms with Crippen molar-refractivity contribution in [3.63, 3.8) is 0 Å². The normalized spacial score (nSPS) is 11.2. The van der Waals surface area contributed by atoms with Crippen molar-refractivity contribution in [2.75, 3.05) is 20.2 Å². The molecule has 4 heteroatoms. The number of rotatable bonds is 7. The van der Waals surface area contributed by atoms with Crippen LogP contribution in [0, 0.1) is 6.92 Å². The molecule has 0 aliphatic rings. The summed E-state index contributed by atoms with van der Waals surface area (Å²) in [5.74, 6) is 0.914. The Kier molecular flexibility index (Phi) is 5.36. The number of unbranched alkanes of at least 4 members (excludes halogenated alkanes) is 2. The Bertz CT molecular complexity index is 273. The molecule has 1 rings (SSSR count). The second-order valence-electron chi connectivity index (χ2n) is 3.96. The van der Waals surface area contributed by atoms with Gasteiger partial charge < -0.3 is 9.63 Å². The van der Waals surface area contributed by atoms with Crippen LogP contribution >= 0.6 is 0 Å². The first-order valence-electron chi connectivity index (χ1n) is 5.44. The van der Waals surface area contributed by atoms with Crippen LogP contribution in [-0.2, 0) is 6.54 Å². The van der Waals surface area contributed by atoms with Crippen LogP contribution in [0.5, 0.6) is 0 Å². The minimum absolute atomic E-state index is 0.297. The smallest absolute Gasteiger partial charge is 0.150 e. The molecule has 4 nitrogen and oxygen atoms in total. The molecular weight excluding hydrogens is 192 g/mol. The number of aromatic nitrogens is 1. The molecule has 0 saturated heterocycles. The molecule has 0 bridgehead atoms. The van der Waals surface area contributed by atoms with Crippen LogP contribution in [-0.4, -0.2) is 35.4 Å². The van der Waals surface area contributed by atoms with Crippen molar-refractivity contribution in [2.24, 2.45) is 0 Å². The van der Waals surface area contributed by atoms with Crippen LogP contribution in [0.4, 0.5) is 0 Å². The summed E-state index contributed by atoms with van der Waals surface area (Å²) in [4.78, 5) is 2.21. The van der Waals surface area contributed by atoms with Gasteiger partial charge in [-0.3, -0.25) is 4.90 Å². The van der Waals surface area contributed by atoms with Crippen molar-refractivity contribution in [3.8, 4) is 0 Å². The molecule has 0 amide bonds. The monoisotopic (exact) mass is 212 g/mol. The van der Waals surface area contributed by atoms with E-state index >= 15 is 0 Å². The van der Waals surface area contributed by atoms with Crippen molar-refractivity contribution in [1.29, 1.82) is 0 Å². The molecule has 0 aromatic carbocycles. The Morgan fingerprint density at radius 2 is 2.20 bits per heavy atom. The van der Waals surface area contributed by atoms with Crippen LogP contribution in [0.2, 0.25) is 0 Å². The van der Waals surface area contributed by atoms with Gasteiger partial charge in [0.25, 0.3) is 0 Å². The van der Waals surface area contributed by atoms with Crippen LogP contribution in [0.3, 0.4) is 0 Å². The molecule has 0 saturated carbocycles. The quantitative estimate of drug-likeness (QED) is 0.697. The van der Waals surface area contributed by atoms with Crippen LogP contribution in [0.1, 0.15) is 30.7 Å². The van der Waals surface area contributed by atoms with E-state index in [4.69, 9.17) is 9.63 Å². The molecule has 1 aromatic rings. The van der Waals surface area contributed by atoms with Crippen LogP contribution in [0.15, 0.2) is 10.6 Å². The lowest BCUT2D eigenvalue weighted by atomic mass is 10.2. The van der Waals surface area contributed by atoms with Gasteiger partial charge in [0.15, 0.2) is 5.76 Å². The second-order valence-corrected chi connectivity index (χ2v) is 3.96. The number of hydrogen-bond donors (Lipinski definition) is 1. The SMILES string of the molecule is Cc1cc(CN(C)CCCCCO)on1. The first-order chi connectivity index (χ1) is 7.22. The molecule has 0 aliphatic heterocycles. The Labute approximate surface area is 90.9 Å². The molecule has 0 fully saturated rings. The van der Waals surface area contributed by atoms with E-state index in [1.165, 1.54) is 0 Å². The van der Waals surface area contributed by atoms with Crippen molar-refractivity contribution in [3.05, 3.63) is 17.5 Å². The molecular formula is C11H20N2O2. The third kappa shape index (κ3) is 4.95. The van der Waals surface area contributed by atoms with Crippen molar-refractivity contribution >= 4 is 0 Å². The Morgan fingerprint density at radius 3 is 2.80 bits per heavy atom. The largest absolute Gasteiger partial charge is 0.396 e. The standard InChI is InChI=1S/C11H20N2O2/c1-10-8-11(15-12-10)9-13(2)6-4-3-5-7-14/h8,14H,3-7,9H2,1-2H3. The highest BCUT2D eigenvalue weighted by Crippen LogP contribution is 2.06. The number of aryl methyl sites for hydroxylation is 1. The van der Waals surface area contributed by atoms with Crippen LogP contribution in [0.25, 0.3) is 0 Å². The first-order valence-corrected chi connectivity index (χ1v) is 5.44. The maximum Gasteiger partial charge on any atom is 0.150 e. The number of nitrogens with zero attached hydrogens (tertiary/aromatic N) is 2. The fourth-order valence-electron chi connectivity index (χ4n) is 1.51. The zero-order chi connectivity index (χ0) is 11.1. The van der Waals surface area contributed by atoms with Gasteiger partial charge in [-0.2, -0.15) is 0 Å². The minimum atomic E-state index is 0.297. The maximum absolute atomic E-state index is 8.63. The average Bonchev–Trinajstić information content (AvgIpc) is 2.59. The zero-order valence-electron chi connectivity index (χ0n) is 9.57. The van der Waals surface area contributed by atoms with Gasteiger partial charge in [0, 0.05) is 12.7 Å². The first kappa shape index (κ1) is 12.2. The molecule has 1 aromatic heterocycles. The molecule has 1 N–H and O–H groups in total. The summed E-state index contributed by atoms with van der Waals surface area (Å²) < 4.78 is 5.13. The summed E-state index contributed by atoms with van der Waals surface area (Å²) >= 11 is 0. The van der Waals surface area contributed by atoms with E-state index in [-0.39, 0.29) is 0 Å². The Balaban J connectivity index is 2.15. The third-order valence-corrected chi connectivity index (χ3v) is 2.30. The van der Waals surface area contributed by atoms with Gasteiger partial charge in [-0.1, -0.05) is 5.16 Å². The molecule has 86 valence electrons. The van der Waals surface area contributed by atoms with Crippen molar-refractivity contribution in [2.45, 2.75) is 32.7 Å². The lowest BCUT2D eigenvalue weighted by molar-refractivity contribution is 0.254. The molecule has 0 atom stereocenters. The number of aliphatic hydroxyl groups excluding tert-OH is 1. The van der Waals surface area contributed by atoms with E-state index in [0.29, 0.717) is 6.61 Å². The van der Waals surface area contributed by atoms with E-state index in [1.54, 1.807) is 0 Å². The lowest BCUT2D eigenvalue weighted by Crippen LogP contribution is -2.18. The lowest BCUT2D eigenvalue weighted by Gasteiger charge is -2.13. The van der Waals surface area contributed by atoms with E-state index in [0.717, 1.165) is 43.8 Å². The summed E-state index contributed by atoms with van der Waals surface area (Å²) in [5, 5.41) is 12.5. The topological polar surface area (TPSA) is 49.5 Å². The highest BCUT2D eigenvalue weighted by molar-refractivity contribution is 5.02. The Morgan fingerprint density at radius 1 is 1.40 bits per heavy atom. The Hall–Kier alpha value is -0.870. The van der Waals surface area contributed by atoms with Gasteiger partial charge in [0.05, 0.1) is 12.2 Å². The second kappa shape index (κ2) is 6.58.